The Hall–Kier alpha value is -1.89. The van der Waals surface area contributed by atoms with E-state index in [-0.39, 0.29) is 17.8 Å². The number of rotatable bonds is 6. The van der Waals surface area contributed by atoms with E-state index in [4.69, 9.17) is 4.74 Å². The molecule has 1 amide bonds. The zero-order valence-electron chi connectivity index (χ0n) is 14.9. The van der Waals surface area contributed by atoms with Gasteiger partial charge >= 0.3 is 0 Å². The molecule has 2 aliphatic rings. The maximum Gasteiger partial charge on any atom is 0.235 e. The number of thioether (sulfide) groups is 1. The normalized spacial score (nSPS) is 18.9. The van der Waals surface area contributed by atoms with Crippen molar-refractivity contribution in [2.45, 2.75) is 55.5 Å². The van der Waals surface area contributed by atoms with Crippen molar-refractivity contribution >= 4 is 34.8 Å². The lowest BCUT2D eigenvalue weighted by Crippen LogP contribution is -2.22. The van der Waals surface area contributed by atoms with Gasteiger partial charge in [-0.1, -0.05) is 23.1 Å². The Kier molecular flexibility index (Phi) is 5.76. The van der Waals surface area contributed by atoms with Crippen molar-refractivity contribution < 1.29 is 9.53 Å². The molecule has 1 atom stereocenters. The standard InChI is InChI=1S/C18H21N5O2S2/c19-8-14-13-5-1-2-6-15(13)23(9-12-4-3-7-25-12)17(14)21-16(24)10-26-18-22-20-11-27-18/h11-12H,1-7,9-10H2,(H,21,24). The quantitative estimate of drug-likeness (QED) is 0.746. The Balaban J connectivity index is 1.58. The Morgan fingerprint density at radius 1 is 1.44 bits per heavy atom. The van der Waals surface area contributed by atoms with Gasteiger partial charge in [-0.25, -0.2) is 0 Å². The lowest BCUT2D eigenvalue weighted by Gasteiger charge is -2.19. The molecule has 1 saturated heterocycles. The first kappa shape index (κ1) is 18.5. The first-order chi connectivity index (χ1) is 13.3. The average Bonchev–Trinajstić information content (AvgIpc) is 3.42. The first-order valence-corrected chi connectivity index (χ1v) is 11.1. The van der Waals surface area contributed by atoms with Crippen molar-refractivity contribution in [3.8, 4) is 6.07 Å². The summed E-state index contributed by atoms with van der Waals surface area (Å²) in [6.07, 6.45) is 6.31. The van der Waals surface area contributed by atoms with Crippen LogP contribution in [0.25, 0.3) is 0 Å². The van der Waals surface area contributed by atoms with Crippen LogP contribution in [0.5, 0.6) is 0 Å². The molecule has 0 spiro atoms. The predicted molar refractivity (Wildman–Crippen MR) is 104 cm³/mol. The maximum atomic E-state index is 12.5. The molecule has 0 bridgehead atoms. The molecule has 0 radical (unpaired) electrons. The highest BCUT2D eigenvalue weighted by atomic mass is 32.2. The van der Waals surface area contributed by atoms with Crippen LogP contribution in [0.3, 0.4) is 0 Å². The van der Waals surface area contributed by atoms with Gasteiger partial charge in [-0.2, -0.15) is 5.26 Å². The topological polar surface area (TPSA) is 92.8 Å². The summed E-state index contributed by atoms with van der Waals surface area (Å²) in [6.45, 7) is 1.49. The SMILES string of the molecule is N#Cc1c2c(n(CC3CCCO3)c1NC(=O)CSc1nncs1)CCCC2. The molecule has 1 N–H and O–H groups in total. The Morgan fingerprint density at radius 3 is 3.07 bits per heavy atom. The first-order valence-electron chi connectivity index (χ1n) is 9.21. The fourth-order valence-electron chi connectivity index (χ4n) is 3.83. The molecule has 1 unspecified atom stereocenters. The van der Waals surface area contributed by atoms with Gasteiger partial charge in [0.25, 0.3) is 0 Å². The largest absolute Gasteiger partial charge is 0.376 e. The van der Waals surface area contributed by atoms with Crippen LogP contribution in [0.4, 0.5) is 5.82 Å². The van der Waals surface area contributed by atoms with E-state index >= 15 is 0 Å². The van der Waals surface area contributed by atoms with Crippen LogP contribution >= 0.6 is 23.1 Å². The smallest absolute Gasteiger partial charge is 0.235 e. The molecule has 1 aliphatic heterocycles. The third-order valence-electron chi connectivity index (χ3n) is 5.02. The number of aromatic nitrogens is 3. The summed E-state index contributed by atoms with van der Waals surface area (Å²) in [5.41, 5.74) is 4.57. The summed E-state index contributed by atoms with van der Waals surface area (Å²) in [4.78, 5) is 12.5. The molecule has 0 saturated carbocycles. The molecule has 7 nitrogen and oxygen atoms in total. The highest BCUT2D eigenvalue weighted by Gasteiger charge is 2.28. The molecular weight excluding hydrogens is 382 g/mol. The molecule has 2 aromatic heterocycles. The minimum Gasteiger partial charge on any atom is -0.376 e. The second kappa shape index (κ2) is 8.42. The number of carbonyl (C=O) groups is 1. The number of anilines is 1. The molecule has 2 aromatic rings. The van der Waals surface area contributed by atoms with E-state index in [2.05, 4.69) is 26.2 Å². The number of hydrogen-bond donors (Lipinski definition) is 1. The van der Waals surface area contributed by atoms with Gasteiger partial charge in [0.2, 0.25) is 5.91 Å². The van der Waals surface area contributed by atoms with Crippen molar-refractivity contribution in [2.24, 2.45) is 0 Å². The van der Waals surface area contributed by atoms with Gasteiger partial charge in [0.05, 0.1) is 24.0 Å². The van der Waals surface area contributed by atoms with Gasteiger partial charge in [-0.15, -0.1) is 10.2 Å². The van der Waals surface area contributed by atoms with Gasteiger partial charge in [-0.3, -0.25) is 4.79 Å². The van der Waals surface area contributed by atoms with Crippen LogP contribution in [0.15, 0.2) is 9.85 Å². The highest BCUT2D eigenvalue weighted by Crippen LogP contribution is 2.34. The van der Waals surface area contributed by atoms with Crippen molar-refractivity contribution in [1.29, 1.82) is 5.26 Å². The molecule has 9 heteroatoms. The third kappa shape index (κ3) is 4.03. The van der Waals surface area contributed by atoms with Crippen LogP contribution in [0, 0.1) is 11.3 Å². The van der Waals surface area contributed by atoms with Crippen LogP contribution in [0.2, 0.25) is 0 Å². The van der Waals surface area contributed by atoms with Gasteiger partial charge in [0, 0.05) is 12.3 Å². The van der Waals surface area contributed by atoms with Gasteiger partial charge < -0.3 is 14.6 Å². The Labute approximate surface area is 166 Å². The molecule has 27 heavy (non-hydrogen) atoms. The number of amides is 1. The molecule has 1 aliphatic carbocycles. The number of fused-ring (bicyclic) bond motifs is 1. The van der Waals surface area contributed by atoms with Crippen LogP contribution in [-0.4, -0.2) is 39.1 Å². The number of ether oxygens (including phenoxy) is 1. The van der Waals surface area contributed by atoms with E-state index in [1.807, 2.05) is 0 Å². The van der Waals surface area contributed by atoms with Crippen molar-refractivity contribution in [3.63, 3.8) is 0 Å². The maximum absolute atomic E-state index is 12.5. The highest BCUT2D eigenvalue weighted by molar-refractivity contribution is 8.01. The van der Waals surface area contributed by atoms with E-state index in [1.165, 1.54) is 28.8 Å². The molecule has 1 fully saturated rings. The summed E-state index contributed by atoms with van der Waals surface area (Å²) in [7, 11) is 0. The average molecular weight is 404 g/mol. The van der Waals surface area contributed by atoms with Crippen molar-refractivity contribution in [3.05, 3.63) is 22.3 Å². The van der Waals surface area contributed by atoms with Crippen LogP contribution in [0.1, 0.15) is 42.5 Å². The number of hydrogen-bond acceptors (Lipinski definition) is 7. The van der Waals surface area contributed by atoms with Gasteiger partial charge in [0.1, 0.15) is 17.4 Å². The molecular formula is C18H21N5O2S2. The summed E-state index contributed by atoms with van der Waals surface area (Å²) < 4.78 is 8.71. The summed E-state index contributed by atoms with van der Waals surface area (Å²) in [5.74, 6) is 0.758. The number of nitrogens with one attached hydrogen (secondary N) is 1. The lowest BCUT2D eigenvalue weighted by atomic mass is 9.95. The zero-order chi connectivity index (χ0) is 18.6. The van der Waals surface area contributed by atoms with Crippen LogP contribution < -0.4 is 5.32 Å². The minimum atomic E-state index is -0.130. The number of carbonyl (C=O) groups excluding carboxylic acids is 1. The predicted octanol–water partition coefficient (Wildman–Crippen LogP) is 3.00. The lowest BCUT2D eigenvalue weighted by molar-refractivity contribution is -0.113. The summed E-state index contributed by atoms with van der Waals surface area (Å²) in [6, 6.07) is 2.34. The monoisotopic (exact) mass is 403 g/mol. The Morgan fingerprint density at radius 2 is 2.33 bits per heavy atom. The van der Waals surface area contributed by atoms with Crippen molar-refractivity contribution in [1.82, 2.24) is 14.8 Å². The second-order valence-corrected chi connectivity index (χ2v) is 8.81. The zero-order valence-corrected chi connectivity index (χ0v) is 16.6. The fourth-order valence-corrected chi connectivity index (χ4v) is 5.12. The summed E-state index contributed by atoms with van der Waals surface area (Å²) in [5, 5.41) is 20.5. The molecule has 142 valence electrons. The van der Waals surface area contributed by atoms with Crippen LogP contribution in [-0.2, 0) is 28.9 Å². The molecule has 3 heterocycles. The van der Waals surface area contributed by atoms with E-state index in [0.29, 0.717) is 17.9 Å². The van der Waals surface area contributed by atoms with E-state index in [9.17, 15) is 10.1 Å². The fraction of sp³-hybridized carbons (Fsp3) is 0.556. The van der Waals surface area contributed by atoms with E-state index in [1.54, 1.807) is 5.51 Å². The van der Waals surface area contributed by atoms with E-state index < -0.39 is 0 Å². The minimum absolute atomic E-state index is 0.130. The van der Waals surface area contributed by atoms with Gasteiger partial charge in [0.15, 0.2) is 4.34 Å². The second-order valence-electron chi connectivity index (χ2n) is 6.75. The third-order valence-corrected chi connectivity index (χ3v) is 6.88. The molecule has 0 aromatic carbocycles. The van der Waals surface area contributed by atoms with E-state index in [0.717, 1.165) is 55.0 Å². The van der Waals surface area contributed by atoms with Crippen molar-refractivity contribution in [2.75, 3.05) is 17.7 Å². The number of nitrogens with zero attached hydrogens (tertiary/aromatic N) is 4. The summed E-state index contributed by atoms with van der Waals surface area (Å²) >= 11 is 2.77. The molecule has 4 rings (SSSR count). The number of nitriles is 1. The van der Waals surface area contributed by atoms with Gasteiger partial charge in [-0.05, 0) is 44.1 Å². The Bertz CT molecular complexity index is 850.